The molecule has 60 heavy (non-hydrogen) atoms. The van der Waals surface area contributed by atoms with Crippen LogP contribution in [0.2, 0.25) is 10.0 Å². The topological polar surface area (TPSA) is 86.3 Å². The summed E-state index contributed by atoms with van der Waals surface area (Å²) in [4.78, 5) is 28.0. The van der Waals surface area contributed by atoms with Crippen molar-refractivity contribution < 1.29 is 41.7 Å². The number of hydrogen-bond acceptors (Lipinski definition) is 6. The van der Waals surface area contributed by atoms with E-state index in [1.165, 1.54) is 6.07 Å². The van der Waals surface area contributed by atoms with Crippen LogP contribution in [-0.4, -0.2) is 32.1 Å². The molecule has 6 aromatic carbocycles. The molecule has 0 aliphatic heterocycles. The lowest BCUT2D eigenvalue weighted by Gasteiger charge is -2.22. The standard InChI is InChI=1S/C24H24ClNO3.C23H19ClF3NO3/c1-4-28-21-11-8-12-22(29-16-18-9-6-5-7-10-18)23(21)24(27)26(3)19-13-14-20(25)17(2)15-19;1-2-30-19-9-6-10-20(31-14-15-7-4-3-5-8-15)21(19)22(29)28-16-11-12-18(24)17(13-16)23(25,26)27/h5-15H,4,16H2,1-3H3;3-13H,2,14H2,1H3,(H,28,29). The summed E-state index contributed by atoms with van der Waals surface area (Å²) < 4.78 is 62.5. The van der Waals surface area contributed by atoms with Crippen molar-refractivity contribution in [1.29, 1.82) is 0 Å². The molecule has 0 aromatic heterocycles. The largest absolute Gasteiger partial charge is 0.493 e. The van der Waals surface area contributed by atoms with Gasteiger partial charge in [0.1, 0.15) is 47.3 Å². The molecule has 8 nitrogen and oxygen atoms in total. The van der Waals surface area contributed by atoms with E-state index in [4.69, 9.17) is 42.1 Å². The third kappa shape index (κ3) is 12.0. The fraction of sp³-hybridized carbons (Fsp3) is 0.191. The molecule has 1 N–H and O–H groups in total. The highest BCUT2D eigenvalue weighted by molar-refractivity contribution is 6.31. The Hall–Kier alpha value is -6.17. The smallest absolute Gasteiger partial charge is 0.417 e. The molecule has 0 radical (unpaired) electrons. The number of halogens is 5. The lowest BCUT2D eigenvalue weighted by atomic mass is 10.1. The molecule has 312 valence electrons. The maximum Gasteiger partial charge on any atom is 0.417 e. The zero-order chi connectivity index (χ0) is 43.2. The summed E-state index contributed by atoms with van der Waals surface area (Å²) in [5, 5.41) is 2.69. The average molecular weight is 860 g/mol. The molecule has 0 saturated carbocycles. The van der Waals surface area contributed by atoms with Crippen molar-refractivity contribution in [3.8, 4) is 23.0 Å². The van der Waals surface area contributed by atoms with Crippen LogP contribution in [-0.2, 0) is 19.4 Å². The summed E-state index contributed by atoms with van der Waals surface area (Å²) in [7, 11) is 1.73. The van der Waals surface area contributed by atoms with Crippen LogP contribution in [0.4, 0.5) is 24.5 Å². The number of hydrogen-bond donors (Lipinski definition) is 1. The molecule has 0 aliphatic carbocycles. The summed E-state index contributed by atoms with van der Waals surface area (Å²) in [5.41, 5.74) is 2.97. The van der Waals surface area contributed by atoms with Gasteiger partial charge < -0.3 is 29.2 Å². The summed E-state index contributed by atoms with van der Waals surface area (Å²) in [6, 6.07) is 38.1. The molecule has 0 heterocycles. The Morgan fingerprint density at radius 3 is 1.60 bits per heavy atom. The monoisotopic (exact) mass is 858 g/mol. The Morgan fingerprint density at radius 2 is 1.10 bits per heavy atom. The van der Waals surface area contributed by atoms with Gasteiger partial charge in [-0.2, -0.15) is 13.2 Å². The van der Waals surface area contributed by atoms with Crippen molar-refractivity contribution in [3.05, 3.63) is 177 Å². The van der Waals surface area contributed by atoms with Gasteiger partial charge in [0.2, 0.25) is 0 Å². The number of nitrogens with one attached hydrogen (secondary N) is 1. The summed E-state index contributed by atoms with van der Waals surface area (Å²) in [6.45, 7) is 6.86. The van der Waals surface area contributed by atoms with Gasteiger partial charge in [0.15, 0.2) is 0 Å². The van der Waals surface area contributed by atoms with Gasteiger partial charge in [0, 0.05) is 23.4 Å². The van der Waals surface area contributed by atoms with Crippen molar-refractivity contribution >= 4 is 46.4 Å². The van der Waals surface area contributed by atoms with E-state index >= 15 is 0 Å². The molecule has 0 fully saturated rings. The quantitative estimate of drug-likeness (QED) is 0.117. The molecule has 0 atom stereocenters. The van der Waals surface area contributed by atoms with Gasteiger partial charge in [-0.3, -0.25) is 9.59 Å². The molecule has 0 spiro atoms. The van der Waals surface area contributed by atoms with Crippen LogP contribution in [0.15, 0.2) is 133 Å². The summed E-state index contributed by atoms with van der Waals surface area (Å²) in [6.07, 6.45) is -4.65. The van der Waals surface area contributed by atoms with Crippen LogP contribution >= 0.6 is 23.2 Å². The summed E-state index contributed by atoms with van der Waals surface area (Å²) >= 11 is 11.8. The SMILES string of the molecule is CCOc1cccc(OCc2ccccc2)c1C(=O)N(C)c1ccc(Cl)c(C)c1.CCOc1cccc(OCc2ccccc2)c1C(=O)Nc1ccc(Cl)c(C(F)(F)F)c1. The Balaban J connectivity index is 0.000000228. The van der Waals surface area contributed by atoms with Crippen molar-refractivity contribution in [3.63, 3.8) is 0 Å². The van der Waals surface area contributed by atoms with Crippen LogP contribution in [0.3, 0.4) is 0 Å². The molecule has 2 amide bonds. The molecule has 0 bridgehead atoms. The predicted octanol–water partition coefficient (Wildman–Crippen LogP) is 12.5. The fourth-order valence-corrected chi connectivity index (χ4v) is 6.20. The van der Waals surface area contributed by atoms with Gasteiger partial charge in [-0.1, -0.05) is 96.0 Å². The van der Waals surface area contributed by atoms with Crippen molar-refractivity contribution in [1.82, 2.24) is 0 Å². The predicted molar refractivity (Wildman–Crippen MR) is 230 cm³/mol. The molecule has 6 aromatic rings. The number of rotatable bonds is 14. The van der Waals surface area contributed by atoms with E-state index in [2.05, 4.69) is 5.32 Å². The Bertz CT molecular complexity index is 2380. The number of amides is 2. The lowest BCUT2D eigenvalue weighted by molar-refractivity contribution is -0.137. The molecular weight excluding hydrogens is 816 g/mol. The number of alkyl halides is 3. The van der Waals surface area contributed by atoms with Crippen LogP contribution in [0, 0.1) is 6.92 Å². The first-order valence-electron chi connectivity index (χ1n) is 18.9. The van der Waals surface area contributed by atoms with Crippen molar-refractivity contribution in [2.24, 2.45) is 0 Å². The normalized spacial score (nSPS) is 10.8. The Labute approximate surface area is 357 Å². The van der Waals surface area contributed by atoms with Crippen molar-refractivity contribution in [2.75, 3.05) is 30.5 Å². The fourth-order valence-electron chi connectivity index (χ4n) is 5.86. The van der Waals surface area contributed by atoms with Gasteiger partial charge in [0.25, 0.3) is 11.8 Å². The minimum Gasteiger partial charge on any atom is -0.493 e. The highest BCUT2D eigenvalue weighted by atomic mass is 35.5. The van der Waals surface area contributed by atoms with Crippen LogP contribution in [0.5, 0.6) is 23.0 Å². The van der Waals surface area contributed by atoms with E-state index in [1.54, 1.807) is 55.3 Å². The first-order chi connectivity index (χ1) is 28.8. The Kier molecular flexibility index (Phi) is 15.9. The molecule has 0 aliphatic rings. The third-order valence-corrected chi connectivity index (χ3v) is 9.61. The zero-order valence-corrected chi connectivity index (χ0v) is 34.8. The minimum atomic E-state index is -4.65. The van der Waals surface area contributed by atoms with E-state index < -0.39 is 22.7 Å². The van der Waals surface area contributed by atoms with E-state index in [9.17, 15) is 22.8 Å². The zero-order valence-electron chi connectivity index (χ0n) is 33.3. The molecule has 13 heteroatoms. The van der Waals surface area contributed by atoms with Gasteiger partial charge in [0.05, 0.1) is 23.8 Å². The second-order valence-electron chi connectivity index (χ2n) is 13.1. The molecule has 6 rings (SSSR count). The van der Waals surface area contributed by atoms with Crippen LogP contribution < -0.4 is 29.2 Å². The van der Waals surface area contributed by atoms with Gasteiger partial charge in [-0.25, -0.2) is 0 Å². The highest BCUT2D eigenvalue weighted by Gasteiger charge is 2.34. The van der Waals surface area contributed by atoms with E-state index in [0.29, 0.717) is 41.9 Å². The maximum atomic E-state index is 13.4. The van der Waals surface area contributed by atoms with Gasteiger partial charge in [-0.05, 0) is 98.1 Å². The number of benzene rings is 6. The number of carbonyl (C=O) groups excluding carboxylic acids is 2. The van der Waals surface area contributed by atoms with Gasteiger partial charge >= 0.3 is 6.18 Å². The number of ether oxygens (including phenoxy) is 4. The molecular formula is C47H43Cl2F3N2O6. The second-order valence-corrected chi connectivity index (χ2v) is 13.9. The van der Waals surface area contributed by atoms with E-state index in [1.807, 2.05) is 92.7 Å². The molecule has 0 saturated heterocycles. The number of anilines is 2. The van der Waals surface area contributed by atoms with E-state index in [-0.39, 0.29) is 35.3 Å². The average Bonchev–Trinajstić information content (AvgIpc) is 3.24. The van der Waals surface area contributed by atoms with Crippen molar-refractivity contribution in [2.45, 2.75) is 40.2 Å². The number of nitrogens with zero attached hydrogens (tertiary/aromatic N) is 1. The first kappa shape index (κ1) is 44.9. The molecule has 0 unspecified atom stereocenters. The maximum absolute atomic E-state index is 13.4. The van der Waals surface area contributed by atoms with E-state index in [0.717, 1.165) is 34.5 Å². The third-order valence-electron chi connectivity index (χ3n) is 8.85. The summed E-state index contributed by atoms with van der Waals surface area (Å²) in [5.74, 6) is 0.622. The second kappa shape index (κ2) is 21.2. The number of carbonyl (C=O) groups is 2. The van der Waals surface area contributed by atoms with Crippen LogP contribution in [0.1, 0.15) is 56.8 Å². The Morgan fingerprint density at radius 1 is 0.617 bits per heavy atom. The highest BCUT2D eigenvalue weighted by Crippen LogP contribution is 2.37. The minimum absolute atomic E-state index is 0.0537. The van der Waals surface area contributed by atoms with Gasteiger partial charge in [-0.15, -0.1) is 0 Å². The lowest BCUT2D eigenvalue weighted by Crippen LogP contribution is -2.27. The first-order valence-corrected chi connectivity index (χ1v) is 19.6. The number of aryl methyl sites for hydroxylation is 1. The van der Waals surface area contributed by atoms with Crippen LogP contribution in [0.25, 0.3) is 0 Å².